The van der Waals surface area contributed by atoms with Crippen LogP contribution in [0.25, 0.3) is 0 Å². The first-order valence-electron chi connectivity index (χ1n) is 5.31. The summed E-state index contributed by atoms with van der Waals surface area (Å²) in [6.45, 7) is 1.52. The van der Waals surface area contributed by atoms with Gasteiger partial charge < -0.3 is 10.2 Å². The molecule has 0 saturated heterocycles. The van der Waals surface area contributed by atoms with Gasteiger partial charge >= 0.3 is 0 Å². The number of nitrogens with one attached hydrogen (secondary N) is 1. The monoisotopic (exact) mass is 224 g/mol. The summed E-state index contributed by atoms with van der Waals surface area (Å²) in [6, 6.07) is 5.76. The number of amides is 1. The first-order chi connectivity index (χ1) is 7.65. The van der Waals surface area contributed by atoms with Crippen molar-refractivity contribution in [3.63, 3.8) is 0 Å². The number of carbonyl (C=O) groups is 1. The number of rotatable bonds is 5. The van der Waals surface area contributed by atoms with E-state index in [1.54, 1.807) is 24.1 Å². The van der Waals surface area contributed by atoms with Crippen LogP contribution in [0.4, 0.5) is 4.39 Å². The predicted octanol–water partition coefficient (Wildman–Crippen LogP) is 1.51. The Bertz CT molecular complexity index is 355. The number of halogens is 1. The van der Waals surface area contributed by atoms with Gasteiger partial charge in [-0.1, -0.05) is 6.07 Å². The van der Waals surface area contributed by atoms with Crippen LogP contribution in [0.15, 0.2) is 24.3 Å². The predicted molar refractivity (Wildman–Crippen MR) is 61.9 cm³/mol. The molecule has 0 aliphatic carbocycles. The molecular formula is C12H17FN2O. The molecule has 1 amide bonds. The molecule has 88 valence electrons. The van der Waals surface area contributed by atoms with Crippen LogP contribution in [0.3, 0.4) is 0 Å². The molecule has 1 aromatic rings. The van der Waals surface area contributed by atoms with Crippen molar-refractivity contribution < 1.29 is 9.18 Å². The Morgan fingerprint density at radius 1 is 1.50 bits per heavy atom. The highest BCUT2D eigenvalue weighted by Gasteiger charge is 2.11. The standard InChI is InChI=1S/C12H17FN2O/c1-14-7-4-8-15(2)12(16)10-5-3-6-11(13)9-10/h3,5-6,9,14H,4,7-8H2,1-2H3. The minimum absolute atomic E-state index is 0.143. The minimum atomic E-state index is -0.380. The first-order valence-corrected chi connectivity index (χ1v) is 5.31. The summed E-state index contributed by atoms with van der Waals surface area (Å²) in [5, 5.41) is 3.01. The van der Waals surface area contributed by atoms with Crippen molar-refractivity contribution in [3.8, 4) is 0 Å². The lowest BCUT2D eigenvalue weighted by Gasteiger charge is -2.16. The topological polar surface area (TPSA) is 32.3 Å². The smallest absolute Gasteiger partial charge is 0.253 e. The van der Waals surface area contributed by atoms with E-state index in [0.29, 0.717) is 12.1 Å². The fourth-order valence-electron chi connectivity index (χ4n) is 1.44. The van der Waals surface area contributed by atoms with Crippen LogP contribution in [0.2, 0.25) is 0 Å². The molecule has 1 rings (SSSR count). The van der Waals surface area contributed by atoms with Crippen molar-refractivity contribution in [1.82, 2.24) is 10.2 Å². The Morgan fingerprint density at radius 2 is 2.25 bits per heavy atom. The summed E-state index contributed by atoms with van der Waals surface area (Å²) >= 11 is 0. The van der Waals surface area contributed by atoms with Crippen LogP contribution in [-0.4, -0.2) is 38.0 Å². The lowest BCUT2D eigenvalue weighted by Crippen LogP contribution is -2.29. The second kappa shape index (κ2) is 6.23. The first kappa shape index (κ1) is 12.6. The molecular weight excluding hydrogens is 207 g/mol. The number of hydrogen-bond donors (Lipinski definition) is 1. The molecule has 0 aliphatic heterocycles. The zero-order valence-electron chi connectivity index (χ0n) is 9.66. The third kappa shape index (κ3) is 3.62. The molecule has 1 aromatic carbocycles. The zero-order valence-corrected chi connectivity index (χ0v) is 9.66. The molecule has 0 bridgehead atoms. The van der Waals surface area contributed by atoms with E-state index in [1.807, 2.05) is 7.05 Å². The summed E-state index contributed by atoms with van der Waals surface area (Å²) < 4.78 is 12.9. The zero-order chi connectivity index (χ0) is 12.0. The number of carbonyl (C=O) groups excluding carboxylic acids is 1. The van der Waals surface area contributed by atoms with E-state index >= 15 is 0 Å². The van der Waals surface area contributed by atoms with E-state index < -0.39 is 0 Å². The number of benzene rings is 1. The molecule has 0 radical (unpaired) electrons. The van der Waals surface area contributed by atoms with Crippen molar-refractivity contribution in [2.45, 2.75) is 6.42 Å². The highest BCUT2D eigenvalue weighted by atomic mass is 19.1. The molecule has 0 saturated carbocycles. The van der Waals surface area contributed by atoms with Gasteiger partial charge in [-0.25, -0.2) is 4.39 Å². The van der Waals surface area contributed by atoms with Gasteiger partial charge in [0.1, 0.15) is 5.82 Å². The fraction of sp³-hybridized carbons (Fsp3) is 0.417. The third-order valence-corrected chi connectivity index (χ3v) is 2.34. The molecule has 0 fully saturated rings. The largest absolute Gasteiger partial charge is 0.342 e. The summed E-state index contributed by atoms with van der Waals surface area (Å²) in [4.78, 5) is 13.4. The maximum absolute atomic E-state index is 12.9. The van der Waals surface area contributed by atoms with Gasteiger partial charge in [0.15, 0.2) is 0 Å². The van der Waals surface area contributed by atoms with Crippen molar-refractivity contribution in [2.24, 2.45) is 0 Å². The molecule has 1 N–H and O–H groups in total. The summed E-state index contributed by atoms with van der Waals surface area (Å²) in [7, 11) is 3.59. The molecule has 0 aromatic heterocycles. The Hall–Kier alpha value is -1.42. The Morgan fingerprint density at radius 3 is 2.88 bits per heavy atom. The van der Waals surface area contributed by atoms with E-state index in [9.17, 15) is 9.18 Å². The molecule has 0 atom stereocenters. The van der Waals surface area contributed by atoms with E-state index in [2.05, 4.69) is 5.32 Å². The van der Waals surface area contributed by atoms with Crippen molar-refractivity contribution in [3.05, 3.63) is 35.6 Å². The van der Waals surface area contributed by atoms with Crippen molar-refractivity contribution >= 4 is 5.91 Å². The van der Waals surface area contributed by atoms with E-state index in [4.69, 9.17) is 0 Å². The second-order valence-electron chi connectivity index (χ2n) is 3.69. The van der Waals surface area contributed by atoms with Crippen molar-refractivity contribution in [1.29, 1.82) is 0 Å². The van der Waals surface area contributed by atoms with Gasteiger partial charge in [0.05, 0.1) is 0 Å². The summed E-state index contributed by atoms with van der Waals surface area (Å²) in [5.41, 5.74) is 0.395. The highest BCUT2D eigenvalue weighted by molar-refractivity contribution is 5.94. The molecule has 0 heterocycles. The van der Waals surface area contributed by atoms with Gasteiger partial charge in [0, 0.05) is 19.2 Å². The maximum Gasteiger partial charge on any atom is 0.253 e. The van der Waals surface area contributed by atoms with E-state index in [-0.39, 0.29) is 11.7 Å². The van der Waals surface area contributed by atoms with Gasteiger partial charge in [-0.3, -0.25) is 4.79 Å². The van der Waals surface area contributed by atoms with Gasteiger partial charge in [-0.2, -0.15) is 0 Å². The summed E-state index contributed by atoms with van der Waals surface area (Å²) in [6.07, 6.45) is 0.883. The Balaban J connectivity index is 2.56. The SMILES string of the molecule is CNCCCN(C)C(=O)c1cccc(F)c1. The van der Waals surface area contributed by atoms with Gasteiger partial charge in [0.2, 0.25) is 0 Å². The van der Waals surface area contributed by atoms with Gasteiger partial charge in [0.25, 0.3) is 5.91 Å². The third-order valence-electron chi connectivity index (χ3n) is 2.34. The van der Waals surface area contributed by atoms with Crippen molar-refractivity contribution in [2.75, 3.05) is 27.2 Å². The van der Waals surface area contributed by atoms with E-state index in [1.165, 1.54) is 12.1 Å². The van der Waals surface area contributed by atoms with Crippen LogP contribution in [0.5, 0.6) is 0 Å². The molecule has 4 heteroatoms. The van der Waals surface area contributed by atoms with E-state index in [0.717, 1.165) is 13.0 Å². The van der Waals surface area contributed by atoms with Crippen LogP contribution in [0.1, 0.15) is 16.8 Å². The Labute approximate surface area is 95.3 Å². The average Bonchev–Trinajstić information content (AvgIpc) is 2.28. The normalized spacial score (nSPS) is 10.2. The maximum atomic E-state index is 12.9. The highest BCUT2D eigenvalue weighted by Crippen LogP contribution is 2.06. The van der Waals surface area contributed by atoms with Gasteiger partial charge in [-0.05, 0) is 38.2 Å². The van der Waals surface area contributed by atoms with Crippen LogP contribution in [-0.2, 0) is 0 Å². The second-order valence-corrected chi connectivity index (χ2v) is 3.69. The van der Waals surface area contributed by atoms with Crippen LogP contribution in [0, 0.1) is 5.82 Å². The van der Waals surface area contributed by atoms with Crippen LogP contribution < -0.4 is 5.32 Å². The quantitative estimate of drug-likeness (QED) is 0.769. The average molecular weight is 224 g/mol. The lowest BCUT2D eigenvalue weighted by atomic mass is 10.2. The lowest BCUT2D eigenvalue weighted by molar-refractivity contribution is 0.0793. The molecule has 0 spiro atoms. The summed E-state index contributed by atoms with van der Waals surface area (Å²) in [5.74, 6) is -0.523. The Kier molecular flexibility index (Phi) is 4.92. The molecule has 3 nitrogen and oxygen atoms in total. The fourth-order valence-corrected chi connectivity index (χ4v) is 1.44. The molecule has 0 aliphatic rings. The number of hydrogen-bond acceptors (Lipinski definition) is 2. The molecule has 0 unspecified atom stereocenters. The molecule has 16 heavy (non-hydrogen) atoms. The minimum Gasteiger partial charge on any atom is -0.342 e. The van der Waals surface area contributed by atoms with Gasteiger partial charge in [-0.15, -0.1) is 0 Å². The van der Waals surface area contributed by atoms with Crippen LogP contribution >= 0.6 is 0 Å². The number of nitrogens with zero attached hydrogens (tertiary/aromatic N) is 1.